The van der Waals surface area contributed by atoms with Gasteiger partial charge in [0.05, 0.1) is 0 Å². The van der Waals surface area contributed by atoms with Crippen molar-refractivity contribution in [1.29, 1.82) is 0 Å². The summed E-state index contributed by atoms with van der Waals surface area (Å²) < 4.78 is 2.19. The molecule has 2 aliphatic rings. The van der Waals surface area contributed by atoms with Crippen LogP contribution in [0.25, 0.3) is 11.1 Å². The molecule has 3 nitrogen and oxygen atoms in total. The first-order valence-corrected chi connectivity index (χ1v) is 13.0. The molecule has 0 N–H and O–H groups in total. The van der Waals surface area contributed by atoms with Crippen LogP contribution in [-0.2, 0) is 16.6 Å². The molecule has 0 spiro atoms. The fourth-order valence-electron chi connectivity index (χ4n) is 4.87. The fourth-order valence-corrected chi connectivity index (χ4v) is 4.87. The highest BCUT2D eigenvalue weighted by atomic mass is 16.1. The summed E-state index contributed by atoms with van der Waals surface area (Å²) in [6.45, 7) is 25.2. The van der Waals surface area contributed by atoms with E-state index in [2.05, 4.69) is 131 Å². The maximum absolute atomic E-state index is 13.4. The highest BCUT2D eigenvalue weighted by molar-refractivity contribution is 6.15. The molecule has 3 rings (SSSR count). The van der Waals surface area contributed by atoms with Crippen LogP contribution in [-0.4, -0.2) is 16.1 Å². The first kappa shape index (κ1) is 27.9. The highest BCUT2D eigenvalue weighted by Crippen LogP contribution is 2.40. The molecule has 0 unspecified atom stereocenters. The number of hydrogen-bond donors (Lipinski definition) is 0. The van der Waals surface area contributed by atoms with Crippen molar-refractivity contribution in [1.82, 2.24) is 4.57 Å². The van der Waals surface area contributed by atoms with E-state index in [-0.39, 0.29) is 33.2 Å². The van der Waals surface area contributed by atoms with E-state index in [9.17, 15) is 9.59 Å². The van der Waals surface area contributed by atoms with Crippen molar-refractivity contribution in [2.75, 3.05) is 0 Å². The summed E-state index contributed by atoms with van der Waals surface area (Å²) >= 11 is 0. The van der Waals surface area contributed by atoms with Gasteiger partial charge in [-0.15, -0.1) is 0 Å². The van der Waals surface area contributed by atoms with Gasteiger partial charge in [-0.25, -0.2) is 0 Å². The molecule has 0 aromatic carbocycles. The Kier molecular flexibility index (Phi) is 6.75. The summed E-state index contributed by atoms with van der Waals surface area (Å²) in [7, 11) is 2.07. The Morgan fingerprint density at radius 1 is 0.472 bits per heavy atom. The van der Waals surface area contributed by atoms with Gasteiger partial charge in [0.25, 0.3) is 0 Å². The molecule has 36 heavy (non-hydrogen) atoms. The maximum Gasteiger partial charge on any atom is 0.186 e. The van der Waals surface area contributed by atoms with Crippen LogP contribution in [0.5, 0.6) is 0 Å². The molecule has 0 saturated heterocycles. The zero-order valence-corrected chi connectivity index (χ0v) is 24.7. The summed E-state index contributed by atoms with van der Waals surface area (Å²) in [5.74, 6) is 0.285. The summed E-state index contributed by atoms with van der Waals surface area (Å²) in [4.78, 5) is 26.8. The van der Waals surface area contributed by atoms with Gasteiger partial charge in [0.15, 0.2) is 11.6 Å². The van der Waals surface area contributed by atoms with Gasteiger partial charge in [0.1, 0.15) is 0 Å². The third-order valence-corrected chi connectivity index (χ3v) is 7.12. The van der Waals surface area contributed by atoms with Crippen LogP contribution in [0.2, 0.25) is 0 Å². The molecule has 0 atom stereocenters. The molecule has 2 aliphatic carbocycles. The van der Waals surface area contributed by atoms with E-state index in [4.69, 9.17) is 0 Å². The molecule has 0 saturated carbocycles. The highest BCUT2D eigenvalue weighted by Gasteiger charge is 2.35. The quantitative estimate of drug-likeness (QED) is 0.426. The van der Waals surface area contributed by atoms with Gasteiger partial charge in [0, 0.05) is 40.0 Å². The number of ketones is 2. The lowest BCUT2D eigenvalue weighted by Crippen LogP contribution is -2.32. The Hall–Kier alpha value is -2.68. The zero-order chi connectivity index (χ0) is 27.6. The number of rotatable bonds is 0. The smallest absolute Gasteiger partial charge is 0.186 e. The average Bonchev–Trinajstić information content (AvgIpc) is 3.06. The van der Waals surface area contributed by atoms with E-state index in [1.54, 1.807) is 0 Å². The standard InChI is InChI=1S/C33H45NO2/c1-30(2,3)22-16-20(17-23(28(22)35)31(4,5)6)26-14-15-27(34(26)13)21-18-24(32(7,8)9)29(36)25(19-21)33(10,11)12/h14-19H,1-13H3. The lowest BCUT2D eigenvalue weighted by atomic mass is 9.72. The number of hydrogen-bond acceptors (Lipinski definition) is 2. The largest absolute Gasteiger partial charge is 0.344 e. The van der Waals surface area contributed by atoms with Crippen molar-refractivity contribution >= 4 is 22.7 Å². The van der Waals surface area contributed by atoms with E-state index in [0.717, 1.165) is 44.1 Å². The second kappa shape index (κ2) is 8.71. The number of carbonyl (C=O) groups excluding carboxylic acids is 2. The SMILES string of the molecule is Cn1c(=C2C=C(C(C)(C)C)C(=O)C(C(C)(C)C)=C2)ccc1=C1C=C(C(C)(C)C)C(=O)C(C(C)(C)C)=C1. The predicted molar refractivity (Wildman–Crippen MR) is 152 cm³/mol. The Bertz CT molecular complexity index is 1190. The molecule has 1 aromatic heterocycles. The topological polar surface area (TPSA) is 39.1 Å². The van der Waals surface area contributed by atoms with Gasteiger partial charge < -0.3 is 4.57 Å². The molecule has 0 aliphatic heterocycles. The number of carbonyl (C=O) groups is 2. The van der Waals surface area contributed by atoms with Gasteiger partial charge in [0.2, 0.25) is 0 Å². The van der Waals surface area contributed by atoms with Crippen LogP contribution in [0.3, 0.4) is 0 Å². The molecular formula is C33H45NO2. The van der Waals surface area contributed by atoms with Gasteiger partial charge in [-0.2, -0.15) is 0 Å². The molecule has 1 aromatic rings. The number of allylic oxidation sites excluding steroid dienone is 8. The van der Waals surface area contributed by atoms with Crippen LogP contribution in [0.4, 0.5) is 0 Å². The second-order valence-corrected chi connectivity index (χ2v) is 14.5. The maximum atomic E-state index is 13.4. The summed E-state index contributed by atoms with van der Waals surface area (Å²) in [6.07, 6.45) is 8.27. The van der Waals surface area contributed by atoms with E-state index < -0.39 is 0 Å². The van der Waals surface area contributed by atoms with Crippen LogP contribution in [0.15, 0.2) is 58.7 Å². The van der Waals surface area contributed by atoms with Crippen LogP contribution < -0.4 is 10.7 Å². The van der Waals surface area contributed by atoms with Crippen molar-refractivity contribution in [3.05, 3.63) is 69.4 Å². The summed E-state index contributed by atoms with van der Waals surface area (Å²) in [5, 5.41) is 2.11. The summed E-state index contributed by atoms with van der Waals surface area (Å²) in [5.41, 5.74) is 4.44. The van der Waals surface area contributed by atoms with Crippen molar-refractivity contribution in [2.45, 2.75) is 83.1 Å². The van der Waals surface area contributed by atoms with Gasteiger partial charge in [-0.3, -0.25) is 9.59 Å². The minimum atomic E-state index is -0.256. The van der Waals surface area contributed by atoms with Crippen LogP contribution in [0, 0.1) is 21.7 Å². The Labute approximate surface area is 218 Å². The monoisotopic (exact) mass is 487 g/mol. The Morgan fingerprint density at radius 2 is 0.694 bits per heavy atom. The van der Waals surface area contributed by atoms with Gasteiger partial charge >= 0.3 is 0 Å². The normalized spacial score (nSPS) is 18.2. The van der Waals surface area contributed by atoms with Gasteiger partial charge in [-0.1, -0.05) is 83.1 Å². The van der Waals surface area contributed by atoms with Crippen molar-refractivity contribution in [2.24, 2.45) is 28.7 Å². The molecule has 1 heterocycles. The van der Waals surface area contributed by atoms with E-state index in [1.807, 2.05) is 0 Å². The third kappa shape index (κ3) is 5.21. The van der Waals surface area contributed by atoms with Crippen LogP contribution >= 0.6 is 0 Å². The number of aromatic nitrogens is 1. The minimum absolute atomic E-state index is 0.142. The van der Waals surface area contributed by atoms with E-state index in [0.29, 0.717) is 0 Å². The van der Waals surface area contributed by atoms with Gasteiger partial charge in [-0.05, 0) is 69.2 Å². The molecule has 0 fully saturated rings. The summed E-state index contributed by atoms with van der Waals surface area (Å²) in [6, 6.07) is 4.26. The lowest BCUT2D eigenvalue weighted by Gasteiger charge is -2.31. The minimum Gasteiger partial charge on any atom is -0.344 e. The molecule has 0 bridgehead atoms. The second-order valence-electron chi connectivity index (χ2n) is 14.5. The molecule has 0 radical (unpaired) electrons. The van der Waals surface area contributed by atoms with Crippen molar-refractivity contribution < 1.29 is 9.59 Å². The molecular weight excluding hydrogens is 442 g/mol. The van der Waals surface area contributed by atoms with Crippen molar-refractivity contribution in [3.8, 4) is 0 Å². The average molecular weight is 488 g/mol. The third-order valence-electron chi connectivity index (χ3n) is 7.12. The first-order chi connectivity index (χ1) is 16.1. The molecule has 194 valence electrons. The predicted octanol–water partition coefficient (Wildman–Crippen LogP) is 6.38. The molecule has 0 amide bonds. The first-order valence-electron chi connectivity index (χ1n) is 13.0. The van der Waals surface area contributed by atoms with E-state index >= 15 is 0 Å². The van der Waals surface area contributed by atoms with Crippen molar-refractivity contribution in [3.63, 3.8) is 0 Å². The molecule has 3 heteroatoms. The van der Waals surface area contributed by atoms with Crippen LogP contribution in [0.1, 0.15) is 83.1 Å². The zero-order valence-electron chi connectivity index (χ0n) is 24.7. The number of Topliss-reactive ketones (excluding diaryl/α,β-unsaturated/α-hetero) is 2. The fraction of sp³-hybridized carbons (Fsp3) is 0.515. The Balaban J connectivity index is 2.43. The number of nitrogens with zero attached hydrogens (tertiary/aromatic N) is 1. The van der Waals surface area contributed by atoms with E-state index in [1.165, 1.54) is 0 Å². The lowest BCUT2D eigenvalue weighted by molar-refractivity contribution is -0.114. The Morgan fingerprint density at radius 3 is 0.889 bits per heavy atom.